The number of anilines is 1. The predicted molar refractivity (Wildman–Crippen MR) is 109 cm³/mol. The van der Waals surface area contributed by atoms with E-state index in [1.807, 2.05) is 13.0 Å². The van der Waals surface area contributed by atoms with E-state index in [1.54, 1.807) is 24.3 Å². The second-order valence-corrected chi connectivity index (χ2v) is 7.28. The molecule has 4 rings (SSSR count). The van der Waals surface area contributed by atoms with Crippen LogP contribution in [0, 0.1) is 12.7 Å². The highest BCUT2D eigenvalue weighted by Gasteiger charge is 2.17. The summed E-state index contributed by atoms with van der Waals surface area (Å²) in [5.41, 5.74) is 5.09. The van der Waals surface area contributed by atoms with Crippen molar-refractivity contribution in [2.45, 2.75) is 19.8 Å². The first-order chi connectivity index (χ1) is 13.5. The Morgan fingerprint density at radius 1 is 1.25 bits per heavy atom. The fourth-order valence-corrected chi connectivity index (χ4v) is 3.54. The molecule has 1 aromatic heterocycles. The third kappa shape index (κ3) is 3.73. The van der Waals surface area contributed by atoms with Crippen molar-refractivity contribution in [3.8, 4) is 0 Å². The third-order valence-corrected chi connectivity index (χ3v) is 5.09. The fourth-order valence-electron chi connectivity index (χ4n) is 3.36. The van der Waals surface area contributed by atoms with Gasteiger partial charge in [0.25, 0.3) is 0 Å². The normalized spacial score (nSPS) is 14.3. The van der Waals surface area contributed by atoms with E-state index < -0.39 is 5.91 Å². The van der Waals surface area contributed by atoms with Crippen LogP contribution in [0.2, 0.25) is 5.02 Å². The van der Waals surface area contributed by atoms with E-state index in [0.29, 0.717) is 21.9 Å². The largest absolute Gasteiger partial charge is 0.451 e. The Hall–Kier alpha value is -2.86. The summed E-state index contributed by atoms with van der Waals surface area (Å²) in [4.78, 5) is 14.3. The maximum absolute atomic E-state index is 14.5. The molecule has 2 heterocycles. The number of nitrogens with zero attached hydrogens (tertiary/aromatic N) is 2. The predicted octanol–water partition coefficient (Wildman–Crippen LogP) is 4.90. The number of carbonyl (C=O) groups is 1. The van der Waals surface area contributed by atoms with Gasteiger partial charge in [-0.25, -0.2) is 9.82 Å². The lowest BCUT2D eigenvalue weighted by Gasteiger charge is -2.19. The molecule has 5 nitrogen and oxygen atoms in total. The van der Waals surface area contributed by atoms with Crippen molar-refractivity contribution < 1.29 is 13.6 Å². The summed E-state index contributed by atoms with van der Waals surface area (Å²) in [7, 11) is 0. The zero-order valence-corrected chi connectivity index (χ0v) is 16.1. The Morgan fingerprint density at radius 2 is 2.04 bits per heavy atom. The number of nitrogens with one attached hydrogen (secondary N) is 1. The Balaban J connectivity index is 1.47. The molecule has 1 fully saturated rings. The standard InChI is InChI=1S/C21H19ClFN3O2/c1-13-8-18(26-6-2-3-7-26)17(23)10-15(13)12-24-25-21(27)20-11-14-9-16(22)4-5-19(14)28-20/h4-5,8-12H,2-3,6-7H2,1H3,(H,25,27)/b24-12+. The van der Waals surface area contributed by atoms with Crippen LogP contribution in [0.4, 0.5) is 10.1 Å². The van der Waals surface area contributed by atoms with Gasteiger partial charge in [0, 0.05) is 29.1 Å². The molecule has 2 aromatic carbocycles. The summed E-state index contributed by atoms with van der Waals surface area (Å²) in [5, 5.41) is 5.24. The average Bonchev–Trinajstić information content (AvgIpc) is 3.33. The molecule has 0 atom stereocenters. The first-order valence-corrected chi connectivity index (χ1v) is 9.46. The topological polar surface area (TPSA) is 57.8 Å². The third-order valence-electron chi connectivity index (χ3n) is 4.85. The summed E-state index contributed by atoms with van der Waals surface area (Å²) in [6.45, 7) is 3.65. The maximum Gasteiger partial charge on any atom is 0.307 e. The van der Waals surface area contributed by atoms with Crippen LogP contribution < -0.4 is 10.3 Å². The average molecular weight is 400 g/mol. The summed E-state index contributed by atoms with van der Waals surface area (Å²) >= 11 is 5.94. The van der Waals surface area contributed by atoms with Gasteiger partial charge in [-0.2, -0.15) is 5.10 Å². The van der Waals surface area contributed by atoms with Crippen molar-refractivity contribution in [1.82, 2.24) is 5.43 Å². The van der Waals surface area contributed by atoms with E-state index >= 15 is 0 Å². The van der Waals surface area contributed by atoms with Gasteiger partial charge in [0.05, 0.1) is 11.9 Å². The molecule has 1 aliphatic heterocycles. The molecule has 0 bridgehead atoms. The minimum atomic E-state index is -0.490. The second-order valence-electron chi connectivity index (χ2n) is 6.85. The monoisotopic (exact) mass is 399 g/mol. The lowest BCUT2D eigenvalue weighted by molar-refractivity contribution is 0.0929. The van der Waals surface area contributed by atoms with Crippen LogP contribution in [-0.4, -0.2) is 25.2 Å². The van der Waals surface area contributed by atoms with Gasteiger partial charge in [0.1, 0.15) is 11.4 Å². The van der Waals surface area contributed by atoms with Crippen LogP contribution in [0.5, 0.6) is 0 Å². The molecule has 0 radical (unpaired) electrons. The molecule has 144 valence electrons. The molecule has 1 saturated heterocycles. The summed E-state index contributed by atoms with van der Waals surface area (Å²) in [5.74, 6) is -0.647. The maximum atomic E-state index is 14.5. The van der Waals surface area contributed by atoms with Crippen molar-refractivity contribution in [3.63, 3.8) is 0 Å². The molecule has 1 amide bonds. The summed E-state index contributed by atoms with van der Waals surface area (Å²) in [6.07, 6.45) is 3.60. The molecule has 1 N–H and O–H groups in total. The lowest BCUT2D eigenvalue weighted by Crippen LogP contribution is -2.19. The summed E-state index contributed by atoms with van der Waals surface area (Å²) in [6, 6.07) is 9.98. The second kappa shape index (κ2) is 7.64. The highest BCUT2D eigenvalue weighted by molar-refractivity contribution is 6.31. The fraction of sp³-hybridized carbons (Fsp3) is 0.238. The number of hydrazone groups is 1. The quantitative estimate of drug-likeness (QED) is 0.501. The SMILES string of the molecule is Cc1cc(N2CCCC2)c(F)cc1/C=N/NC(=O)c1cc2cc(Cl)ccc2o1. The van der Waals surface area contributed by atoms with Gasteiger partial charge in [0.15, 0.2) is 5.76 Å². The number of carbonyl (C=O) groups excluding carboxylic acids is 1. The van der Waals surface area contributed by atoms with E-state index in [0.717, 1.165) is 36.9 Å². The van der Waals surface area contributed by atoms with Gasteiger partial charge in [0.2, 0.25) is 0 Å². The van der Waals surface area contributed by atoms with Crippen LogP contribution in [0.25, 0.3) is 11.0 Å². The minimum Gasteiger partial charge on any atom is -0.451 e. The highest BCUT2D eigenvalue weighted by Crippen LogP contribution is 2.26. The van der Waals surface area contributed by atoms with Crippen LogP contribution in [-0.2, 0) is 0 Å². The van der Waals surface area contributed by atoms with Gasteiger partial charge < -0.3 is 9.32 Å². The number of hydrogen-bond donors (Lipinski definition) is 1. The van der Waals surface area contributed by atoms with E-state index in [2.05, 4.69) is 15.4 Å². The summed E-state index contributed by atoms with van der Waals surface area (Å²) < 4.78 is 20.0. The highest BCUT2D eigenvalue weighted by atomic mass is 35.5. The number of halogens is 2. The number of fused-ring (bicyclic) bond motifs is 1. The van der Waals surface area contributed by atoms with Gasteiger partial charge in [-0.15, -0.1) is 0 Å². The Morgan fingerprint density at radius 3 is 2.82 bits per heavy atom. The van der Waals surface area contributed by atoms with Gasteiger partial charge >= 0.3 is 5.91 Å². The molecule has 0 aliphatic carbocycles. The molecule has 1 aliphatic rings. The van der Waals surface area contributed by atoms with E-state index in [-0.39, 0.29) is 11.6 Å². The first-order valence-electron chi connectivity index (χ1n) is 9.09. The molecule has 0 saturated carbocycles. The smallest absolute Gasteiger partial charge is 0.307 e. The Kier molecular flexibility index (Phi) is 5.05. The number of furan rings is 1. The molecular weight excluding hydrogens is 381 g/mol. The van der Waals surface area contributed by atoms with Gasteiger partial charge in [-0.1, -0.05) is 11.6 Å². The molecule has 0 unspecified atom stereocenters. The number of hydrogen-bond acceptors (Lipinski definition) is 4. The zero-order valence-electron chi connectivity index (χ0n) is 15.3. The Labute approximate surface area is 166 Å². The van der Waals surface area contributed by atoms with Crippen molar-refractivity contribution in [2.24, 2.45) is 5.10 Å². The van der Waals surface area contributed by atoms with E-state index in [9.17, 15) is 9.18 Å². The van der Waals surface area contributed by atoms with Crippen LogP contribution in [0.3, 0.4) is 0 Å². The van der Waals surface area contributed by atoms with Crippen molar-refractivity contribution >= 4 is 40.4 Å². The number of rotatable bonds is 4. The van der Waals surface area contributed by atoms with E-state index in [1.165, 1.54) is 12.3 Å². The number of aryl methyl sites for hydroxylation is 1. The van der Waals surface area contributed by atoms with Crippen LogP contribution in [0.1, 0.15) is 34.5 Å². The van der Waals surface area contributed by atoms with Gasteiger partial charge in [-0.3, -0.25) is 4.79 Å². The molecular formula is C21H19ClFN3O2. The zero-order chi connectivity index (χ0) is 19.7. The van der Waals surface area contributed by atoms with Crippen molar-refractivity contribution in [1.29, 1.82) is 0 Å². The first kappa shape index (κ1) is 18.5. The van der Waals surface area contributed by atoms with Crippen molar-refractivity contribution in [3.05, 3.63) is 64.1 Å². The minimum absolute atomic E-state index is 0.127. The van der Waals surface area contributed by atoms with E-state index in [4.69, 9.17) is 16.0 Å². The molecule has 28 heavy (non-hydrogen) atoms. The number of amides is 1. The van der Waals surface area contributed by atoms with Crippen LogP contribution >= 0.6 is 11.6 Å². The number of benzene rings is 2. The van der Waals surface area contributed by atoms with Crippen LogP contribution in [0.15, 0.2) is 45.9 Å². The van der Waals surface area contributed by atoms with Crippen molar-refractivity contribution in [2.75, 3.05) is 18.0 Å². The Bertz CT molecular complexity index is 1070. The molecule has 0 spiro atoms. The van der Waals surface area contributed by atoms with Gasteiger partial charge in [-0.05, 0) is 61.7 Å². The lowest BCUT2D eigenvalue weighted by atomic mass is 10.1. The molecule has 7 heteroatoms. The molecule has 3 aromatic rings.